The molecule has 0 unspecified atom stereocenters. The highest BCUT2D eigenvalue weighted by Crippen LogP contribution is 2.35. The molecule has 1 heterocycles. The highest BCUT2D eigenvalue weighted by Gasteiger charge is 2.30. The van der Waals surface area contributed by atoms with Crippen molar-refractivity contribution in [1.82, 2.24) is 9.71 Å². The number of rotatable bonds is 8. The average molecular weight is 502 g/mol. The summed E-state index contributed by atoms with van der Waals surface area (Å²) in [5.74, 6) is -1.10. The molecule has 1 amide bonds. The summed E-state index contributed by atoms with van der Waals surface area (Å²) in [6.07, 6.45) is 3.06. The van der Waals surface area contributed by atoms with Gasteiger partial charge in [0, 0.05) is 6.92 Å². The van der Waals surface area contributed by atoms with Gasteiger partial charge in [0.15, 0.2) is 5.13 Å². The standard InChI is InChI=1S/C20H24ClN3O6S2/c1-11-18(31-20(22-11)23-12(2)26)13-7-8-15(21)17(9-13)32(28,29)24-16(10-25)19(27)30-14-5-3-4-6-14/h7-9,14,16,24-25H,3-6,10H2,1-2H3,(H,22,23,26)/t16-/m0/s1. The van der Waals surface area contributed by atoms with Gasteiger partial charge in [0.1, 0.15) is 17.0 Å². The monoisotopic (exact) mass is 501 g/mol. The lowest BCUT2D eigenvalue weighted by molar-refractivity contribution is -0.151. The maximum absolute atomic E-state index is 13.0. The average Bonchev–Trinajstić information content (AvgIpc) is 3.35. The number of nitrogens with one attached hydrogen (secondary N) is 2. The number of nitrogens with zero attached hydrogens (tertiary/aromatic N) is 1. The van der Waals surface area contributed by atoms with Crippen LogP contribution in [0.25, 0.3) is 10.4 Å². The van der Waals surface area contributed by atoms with E-state index in [1.807, 2.05) is 0 Å². The van der Waals surface area contributed by atoms with E-state index in [4.69, 9.17) is 16.3 Å². The van der Waals surface area contributed by atoms with Crippen LogP contribution in [0.1, 0.15) is 38.3 Å². The number of thiazole rings is 1. The summed E-state index contributed by atoms with van der Waals surface area (Å²) in [5, 5.41) is 12.5. The Morgan fingerprint density at radius 2 is 2.03 bits per heavy atom. The van der Waals surface area contributed by atoms with Gasteiger partial charge in [0.25, 0.3) is 0 Å². The summed E-state index contributed by atoms with van der Waals surface area (Å²) in [7, 11) is -4.26. The number of hydrogen-bond donors (Lipinski definition) is 3. The molecule has 12 heteroatoms. The van der Waals surface area contributed by atoms with Gasteiger partial charge in [-0.3, -0.25) is 9.59 Å². The predicted octanol–water partition coefficient (Wildman–Crippen LogP) is 2.86. The van der Waals surface area contributed by atoms with Crippen molar-refractivity contribution in [2.24, 2.45) is 0 Å². The number of hydrogen-bond acceptors (Lipinski definition) is 8. The van der Waals surface area contributed by atoms with Crippen molar-refractivity contribution in [3.05, 3.63) is 28.9 Å². The second kappa shape index (κ2) is 10.3. The third-order valence-corrected chi connectivity index (χ3v) is 7.99. The Morgan fingerprint density at radius 3 is 2.66 bits per heavy atom. The number of benzene rings is 1. The van der Waals surface area contributed by atoms with E-state index in [0.717, 1.165) is 25.7 Å². The van der Waals surface area contributed by atoms with E-state index < -0.39 is 28.6 Å². The minimum absolute atomic E-state index is 0.0497. The Morgan fingerprint density at radius 1 is 1.34 bits per heavy atom. The van der Waals surface area contributed by atoms with E-state index in [9.17, 15) is 23.1 Å². The van der Waals surface area contributed by atoms with Crippen LogP contribution >= 0.6 is 22.9 Å². The molecule has 0 saturated heterocycles. The molecule has 1 aromatic heterocycles. The van der Waals surface area contributed by atoms with Crippen LogP contribution in [0.4, 0.5) is 5.13 Å². The molecular formula is C20H24ClN3O6S2. The van der Waals surface area contributed by atoms with Crippen LogP contribution in [0, 0.1) is 6.92 Å². The van der Waals surface area contributed by atoms with Crippen molar-refractivity contribution in [2.75, 3.05) is 11.9 Å². The Balaban J connectivity index is 1.85. The number of aliphatic hydroxyl groups excluding tert-OH is 1. The van der Waals surface area contributed by atoms with Crippen molar-refractivity contribution in [1.29, 1.82) is 0 Å². The molecule has 0 spiro atoms. The Bertz CT molecular complexity index is 1110. The SMILES string of the molecule is CC(=O)Nc1nc(C)c(-c2ccc(Cl)c(S(=O)(=O)N[C@@H](CO)C(=O)OC3CCCC3)c2)s1. The zero-order valence-corrected chi connectivity index (χ0v) is 19.9. The van der Waals surface area contributed by atoms with E-state index in [1.165, 1.54) is 30.4 Å². The van der Waals surface area contributed by atoms with Crippen molar-refractivity contribution < 1.29 is 27.9 Å². The van der Waals surface area contributed by atoms with E-state index in [0.29, 0.717) is 21.3 Å². The van der Waals surface area contributed by atoms with Crippen LogP contribution in [-0.2, 0) is 24.3 Å². The molecule has 3 rings (SSSR count). The second-order valence-corrected chi connectivity index (χ2v) is 10.5. The van der Waals surface area contributed by atoms with Gasteiger partial charge >= 0.3 is 5.97 Å². The van der Waals surface area contributed by atoms with Gasteiger partial charge in [0.05, 0.1) is 22.2 Å². The Labute approximate surface area is 195 Å². The van der Waals surface area contributed by atoms with Gasteiger partial charge in [-0.05, 0) is 50.3 Å². The number of aryl methyl sites for hydroxylation is 1. The zero-order valence-electron chi connectivity index (χ0n) is 17.6. The van der Waals surface area contributed by atoms with Crippen LogP contribution in [0.2, 0.25) is 5.02 Å². The Kier molecular flexibility index (Phi) is 7.88. The van der Waals surface area contributed by atoms with Crippen LogP contribution < -0.4 is 10.0 Å². The number of anilines is 1. The maximum atomic E-state index is 13.0. The fourth-order valence-electron chi connectivity index (χ4n) is 3.38. The molecular weight excluding hydrogens is 478 g/mol. The molecule has 1 saturated carbocycles. The summed E-state index contributed by atoms with van der Waals surface area (Å²) in [6, 6.07) is 2.97. The number of carbonyl (C=O) groups is 2. The number of carbonyl (C=O) groups excluding carboxylic acids is 2. The molecule has 9 nitrogen and oxygen atoms in total. The van der Waals surface area contributed by atoms with Crippen molar-refractivity contribution >= 4 is 50.0 Å². The largest absolute Gasteiger partial charge is 0.461 e. The quantitative estimate of drug-likeness (QED) is 0.473. The lowest BCUT2D eigenvalue weighted by Crippen LogP contribution is -2.45. The van der Waals surface area contributed by atoms with Gasteiger partial charge in [-0.1, -0.05) is 29.0 Å². The first kappa shape index (κ1) is 24.6. The van der Waals surface area contributed by atoms with Crippen molar-refractivity contribution in [3.8, 4) is 10.4 Å². The topological polar surface area (TPSA) is 135 Å². The highest BCUT2D eigenvalue weighted by molar-refractivity contribution is 7.89. The molecule has 1 aliphatic carbocycles. The molecule has 1 aromatic carbocycles. The minimum Gasteiger partial charge on any atom is -0.461 e. The molecule has 0 radical (unpaired) electrons. The lowest BCUT2D eigenvalue weighted by atomic mass is 10.2. The Hall–Kier alpha value is -2.05. The van der Waals surface area contributed by atoms with Crippen molar-refractivity contribution in [2.45, 2.75) is 56.6 Å². The predicted molar refractivity (Wildman–Crippen MR) is 121 cm³/mol. The van der Waals surface area contributed by atoms with E-state index in [-0.39, 0.29) is 21.9 Å². The fourth-order valence-corrected chi connectivity index (χ4v) is 6.09. The number of aliphatic hydroxyl groups is 1. The first-order valence-electron chi connectivity index (χ1n) is 9.99. The zero-order chi connectivity index (χ0) is 23.5. The normalized spacial score (nSPS) is 15.5. The summed E-state index contributed by atoms with van der Waals surface area (Å²) in [4.78, 5) is 28.3. The van der Waals surface area contributed by atoms with Crippen molar-refractivity contribution in [3.63, 3.8) is 0 Å². The van der Waals surface area contributed by atoms with Crippen LogP contribution in [0.15, 0.2) is 23.1 Å². The summed E-state index contributed by atoms with van der Waals surface area (Å²) in [5.41, 5.74) is 1.13. The van der Waals surface area contributed by atoms with Crippen LogP contribution in [-0.4, -0.2) is 49.1 Å². The van der Waals surface area contributed by atoms with E-state index in [1.54, 1.807) is 13.0 Å². The molecule has 0 aliphatic heterocycles. The summed E-state index contributed by atoms with van der Waals surface area (Å²) < 4.78 is 33.5. The van der Waals surface area contributed by atoms with E-state index >= 15 is 0 Å². The summed E-state index contributed by atoms with van der Waals surface area (Å²) >= 11 is 7.35. The smallest absolute Gasteiger partial charge is 0.326 e. The molecule has 174 valence electrons. The molecule has 3 N–H and O–H groups in total. The third-order valence-electron chi connectivity index (χ3n) is 4.91. The van der Waals surface area contributed by atoms with Crippen LogP contribution in [0.3, 0.4) is 0 Å². The number of halogens is 1. The number of ether oxygens (including phenoxy) is 1. The first-order chi connectivity index (χ1) is 15.1. The first-order valence-corrected chi connectivity index (χ1v) is 12.7. The molecule has 2 aromatic rings. The van der Waals surface area contributed by atoms with Crippen LogP contribution in [0.5, 0.6) is 0 Å². The molecule has 1 fully saturated rings. The second-order valence-electron chi connectivity index (χ2n) is 7.46. The molecule has 32 heavy (non-hydrogen) atoms. The summed E-state index contributed by atoms with van der Waals surface area (Å²) in [6.45, 7) is 2.35. The maximum Gasteiger partial charge on any atom is 0.326 e. The molecule has 0 bridgehead atoms. The van der Waals surface area contributed by atoms with E-state index in [2.05, 4.69) is 15.0 Å². The third kappa shape index (κ3) is 5.84. The number of aromatic nitrogens is 1. The lowest BCUT2D eigenvalue weighted by Gasteiger charge is -2.19. The minimum atomic E-state index is -4.26. The van der Waals surface area contributed by atoms with Gasteiger partial charge < -0.3 is 15.2 Å². The number of sulfonamides is 1. The fraction of sp³-hybridized carbons (Fsp3) is 0.450. The number of esters is 1. The van der Waals surface area contributed by atoms with Gasteiger partial charge in [-0.2, -0.15) is 4.72 Å². The molecule has 1 atom stereocenters. The molecule has 1 aliphatic rings. The highest BCUT2D eigenvalue weighted by atomic mass is 35.5. The number of amides is 1. The van der Waals surface area contributed by atoms with Gasteiger partial charge in [-0.15, -0.1) is 0 Å². The van der Waals surface area contributed by atoms with Gasteiger partial charge in [0.2, 0.25) is 15.9 Å². The van der Waals surface area contributed by atoms with Gasteiger partial charge in [-0.25, -0.2) is 13.4 Å².